The van der Waals surface area contributed by atoms with Crippen molar-refractivity contribution in [3.8, 4) is 6.07 Å². The number of nitrogens with zero attached hydrogens (tertiary/aromatic N) is 5. The maximum absolute atomic E-state index is 12.7. The van der Waals surface area contributed by atoms with Crippen LogP contribution in [0.4, 0.5) is 5.69 Å². The van der Waals surface area contributed by atoms with Crippen molar-refractivity contribution in [3.05, 3.63) is 88.5 Å². The zero-order chi connectivity index (χ0) is 29.4. The SMILES string of the molecule is CNC(=O)c1ccc(N(Cc2cccc(C#N)c2)C2CCN(C(C)CCNC(=O)c3c(C)ncnc3C)CC2)cc1. The molecule has 0 radical (unpaired) electrons. The fraction of sp³-hybridized carbons (Fsp3) is 0.406. The number of carbonyl (C=O) groups is 2. The number of piperidine rings is 1. The predicted molar refractivity (Wildman–Crippen MR) is 160 cm³/mol. The van der Waals surface area contributed by atoms with Crippen LogP contribution in [0.2, 0.25) is 0 Å². The molecule has 9 heteroatoms. The summed E-state index contributed by atoms with van der Waals surface area (Å²) in [4.78, 5) is 38.0. The lowest BCUT2D eigenvalue weighted by molar-refractivity contribution is 0.0940. The Balaban J connectivity index is 1.38. The van der Waals surface area contributed by atoms with Crippen LogP contribution in [0.15, 0.2) is 54.9 Å². The molecule has 41 heavy (non-hydrogen) atoms. The van der Waals surface area contributed by atoms with Gasteiger partial charge in [0.15, 0.2) is 0 Å². The number of aryl methyl sites for hydroxylation is 2. The molecule has 1 aromatic heterocycles. The number of hydrogen-bond acceptors (Lipinski definition) is 7. The van der Waals surface area contributed by atoms with E-state index in [9.17, 15) is 14.9 Å². The molecule has 3 aromatic rings. The Bertz CT molecular complexity index is 1370. The predicted octanol–water partition coefficient (Wildman–Crippen LogP) is 4.00. The summed E-state index contributed by atoms with van der Waals surface area (Å²) in [5, 5.41) is 15.1. The average Bonchev–Trinajstić information content (AvgIpc) is 2.99. The third-order valence-corrected chi connectivity index (χ3v) is 7.96. The Morgan fingerprint density at radius 1 is 1.07 bits per heavy atom. The zero-order valence-corrected chi connectivity index (χ0v) is 24.4. The lowest BCUT2D eigenvalue weighted by Crippen LogP contribution is -2.48. The molecule has 4 rings (SSSR count). The molecular formula is C32H39N7O2. The molecule has 0 spiro atoms. The minimum Gasteiger partial charge on any atom is -0.364 e. The van der Waals surface area contributed by atoms with Crippen LogP contribution in [-0.4, -0.2) is 65.4 Å². The van der Waals surface area contributed by atoms with Gasteiger partial charge in [-0.25, -0.2) is 9.97 Å². The van der Waals surface area contributed by atoms with Gasteiger partial charge in [-0.15, -0.1) is 0 Å². The molecule has 0 bridgehead atoms. The number of aromatic nitrogens is 2. The van der Waals surface area contributed by atoms with Crippen molar-refractivity contribution in [2.24, 2.45) is 0 Å². The summed E-state index contributed by atoms with van der Waals surface area (Å²) in [6.07, 6.45) is 4.32. The number of rotatable bonds is 10. The van der Waals surface area contributed by atoms with E-state index < -0.39 is 0 Å². The molecule has 2 N–H and O–H groups in total. The average molecular weight is 554 g/mol. The van der Waals surface area contributed by atoms with Crippen molar-refractivity contribution in [1.82, 2.24) is 25.5 Å². The summed E-state index contributed by atoms with van der Waals surface area (Å²) in [7, 11) is 1.63. The molecule has 1 aliphatic heterocycles. The highest BCUT2D eigenvalue weighted by Gasteiger charge is 2.27. The second-order valence-electron chi connectivity index (χ2n) is 10.6. The minimum absolute atomic E-state index is 0.106. The van der Waals surface area contributed by atoms with E-state index in [1.165, 1.54) is 6.33 Å². The molecule has 2 heterocycles. The molecule has 1 fully saturated rings. The summed E-state index contributed by atoms with van der Waals surface area (Å²) < 4.78 is 0. The first kappa shape index (κ1) is 29.7. The van der Waals surface area contributed by atoms with Crippen molar-refractivity contribution < 1.29 is 9.59 Å². The first-order valence-electron chi connectivity index (χ1n) is 14.2. The number of likely N-dealkylation sites (tertiary alicyclic amines) is 1. The van der Waals surface area contributed by atoms with Gasteiger partial charge in [-0.1, -0.05) is 12.1 Å². The smallest absolute Gasteiger partial charge is 0.254 e. The fourth-order valence-electron chi connectivity index (χ4n) is 5.54. The molecule has 0 aliphatic carbocycles. The largest absolute Gasteiger partial charge is 0.364 e. The Morgan fingerprint density at radius 3 is 2.39 bits per heavy atom. The molecule has 2 amide bonds. The maximum atomic E-state index is 12.7. The quantitative estimate of drug-likeness (QED) is 0.390. The lowest BCUT2D eigenvalue weighted by Gasteiger charge is -2.42. The number of carbonyl (C=O) groups excluding carboxylic acids is 2. The summed E-state index contributed by atoms with van der Waals surface area (Å²) in [5.41, 5.74) is 5.37. The van der Waals surface area contributed by atoms with Crippen molar-refractivity contribution in [1.29, 1.82) is 5.26 Å². The van der Waals surface area contributed by atoms with Gasteiger partial charge in [-0.05, 0) is 82.0 Å². The Kier molecular flexibility index (Phi) is 10.0. The molecular weight excluding hydrogens is 514 g/mol. The van der Waals surface area contributed by atoms with Crippen molar-refractivity contribution in [2.45, 2.75) is 58.7 Å². The summed E-state index contributed by atoms with van der Waals surface area (Å²) in [6.45, 7) is 9.06. The lowest BCUT2D eigenvalue weighted by atomic mass is 9.98. The number of amides is 2. The molecule has 1 atom stereocenters. The topological polar surface area (TPSA) is 114 Å². The van der Waals surface area contributed by atoms with Gasteiger partial charge in [0.2, 0.25) is 0 Å². The van der Waals surface area contributed by atoms with E-state index in [0.29, 0.717) is 53.3 Å². The third kappa shape index (κ3) is 7.47. The molecule has 9 nitrogen and oxygen atoms in total. The number of benzene rings is 2. The van der Waals surface area contributed by atoms with E-state index >= 15 is 0 Å². The minimum atomic E-state index is -0.120. The Morgan fingerprint density at radius 2 is 1.76 bits per heavy atom. The van der Waals surface area contributed by atoms with Gasteiger partial charge in [-0.2, -0.15) is 5.26 Å². The van der Waals surface area contributed by atoms with Crippen LogP contribution >= 0.6 is 0 Å². The Labute approximate surface area is 242 Å². The van der Waals surface area contributed by atoms with Gasteiger partial charge in [0.1, 0.15) is 6.33 Å². The standard InChI is InChI=1S/C32H39N7O2/c1-22(12-15-35-32(41)30-23(2)36-21-37-24(30)3)38-16-13-29(14-17-38)39(20-26-7-5-6-25(18-26)19-33)28-10-8-27(9-11-28)31(40)34-4/h5-11,18,21-22,29H,12-17,20H2,1-4H3,(H,34,40)(H,35,41). The van der Waals surface area contributed by atoms with Gasteiger partial charge in [-0.3, -0.25) is 9.59 Å². The second kappa shape index (κ2) is 13.9. The zero-order valence-electron chi connectivity index (χ0n) is 24.4. The molecule has 1 saturated heterocycles. The molecule has 1 unspecified atom stereocenters. The van der Waals surface area contributed by atoms with Crippen LogP contribution in [0.25, 0.3) is 0 Å². The van der Waals surface area contributed by atoms with Crippen LogP contribution < -0.4 is 15.5 Å². The fourth-order valence-corrected chi connectivity index (χ4v) is 5.54. The normalized spacial score (nSPS) is 14.6. The summed E-state index contributed by atoms with van der Waals surface area (Å²) >= 11 is 0. The van der Waals surface area contributed by atoms with Gasteiger partial charge in [0.25, 0.3) is 11.8 Å². The molecule has 214 valence electrons. The van der Waals surface area contributed by atoms with Crippen LogP contribution in [-0.2, 0) is 6.54 Å². The van der Waals surface area contributed by atoms with Crippen molar-refractivity contribution >= 4 is 17.5 Å². The van der Waals surface area contributed by atoms with Crippen LogP contribution in [0.5, 0.6) is 0 Å². The van der Waals surface area contributed by atoms with Gasteiger partial charge < -0.3 is 20.4 Å². The number of nitriles is 1. The van der Waals surface area contributed by atoms with Gasteiger partial charge in [0.05, 0.1) is 28.6 Å². The summed E-state index contributed by atoms with van der Waals surface area (Å²) in [5.74, 6) is -0.226. The first-order chi connectivity index (χ1) is 19.8. The van der Waals surface area contributed by atoms with Crippen LogP contribution in [0, 0.1) is 25.2 Å². The highest BCUT2D eigenvalue weighted by Crippen LogP contribution is 2.27. The van der Waals surface area contributed by atoms with E-state index in [2.05, 4.69) is 49.5 Å². The summed E-state index contributed by atoms with van der Waals surface area (Å²) in [6, 6.07) is 18.4. The van der Waals surface area contributed by atoms with Crippen LogP contribution in [0.3, 0.4) is 0 Å². The number of anilines is 1. The van der Waals surface area contributed by atoms with Crippen molar-refractivity contribution in [2.75, 3.05) is 31.6 Å². The Hall–Kier alpha value is -4.29. The van der Waals surface area contributed by atoms with E-state index in [4.69, 9.17) is 0 Å². The highest BCUT2D eigenvalue weighted by atomic mass is 16.2. The van der Waals surface area contributed by atoms with Crippen molar-refractivity contribution in [3.63, 3.8) is 0 Å². The first-order valence-corrected chi connectivity index (χ1v) is 14.2. The van der Waals surface area contributed by atoms with E-state index in [1.807, 2.05) is 56.3 Å². The highest BCUT2D eigenvalue weighted by molar-refractivity contribution is 5.96. The second-order valence-corrected chi connectivity index (χ2v) is 10.6. The monoisotopic (exact) mass is 553 g/mol. The maximum Gasteiger partial charge on any atom is 0.254 e. The number of hydrogen-bond donors (Lipinski definition) is 2. The van der Waals surface area contributed by atoms with E-state index in [1.54, 1.807) is 7.05 Å². The van der Waals surface area contributed by atoms with Gasteiger partial charge >= 0.3 is 0 Å². The van der Waals surface area contributed by atoms with E-state index in [0.717, 1.165) is 43.6 Å². The molecule has 0 saturated carbocycles. The van der Waals surface area contributed by atoms with Crippen LogP contribution in [0.1, 0.15) is 69.4 Å². The van der Waals surface area contributed by atoms with Gasteiger partial charge in [0, 0.05) is 56.6 Å². The molecule has 1 aliphatic rings. The molecule has 2 aromatic carbocycles. The third-order valence-electron chi connectivity index (χ3n) is 7.96. The number of nitrogens with one attached hydrogen (secondary N) is 2. The van der Waals surface area contributed by atoms with E-state index in [-0.39, 0.29) is 11.8 Å².